The molecule has 0 spiro atoms. The van der Waals surface area contributed by atoms with Crippen LogP contribution in [-0.2, 0) is 9.84 Å². The van der Waals surface area contributed by atoms with Crippen LogP contribution in [0, 0.1) is 6.92 Å². The van der Waals surface area contributed by atoms with Gasteiger partial charge in [0, 0.05) is 11.6 Å². The molecule has 1 aromatic rings. The van der Waals surface area contributed by atoms with Gasteiger partial charge in [-0.3, -0.25) is 0 Å². The van der Waals surface area contributed by atoms with Gasteiger partial charge >= 0.3 is 5.97 Å². The summed E-state index contributed by atoms with van der Waals surface area (Å²) < 4.78 is 24.4. The number of hydrogen-bond acceptors (Lipinski definition) is 4. The molecule has 0 bridgehead atoms. The summed E-state index contributed by atoms with van der Waals surface area (Å²) in [6.45, 7) is 1.83. The molecule has 0 atom stereocenters. The second-order valence-electron chi connectivity index (χ2n) is 4.50. The number of carboxylic acids is 1. The van der Waals surface area contributed by atoms with Crippen LogP contribution >= 0.6 is 11.6 Å². The summed E-state index contributed by atoms with van der Waals surface area (Å²) in [6, 6.07) is 2.55. The summed E-state index contributed by atoms with van der Waals surface area (Å²) in [6.07, 6.45) is 0. The van der Waals surface area contributed by atoms with Crippen molar-refractivity contribution in [1.29, 1.82) is 0 Å². The third kappa shape index (κ3) is 3.92. The third-order valence-corrected chi connectivity index (χ3v) is 4.73. The SMILES string of the molecule is Cc1c(C(=O)O)cc(Cl)cc1S(=O)(=O)CCN(C)C. The first kappa shape index (κ1) is 15.9. The number of nitrogens with zero attached hydrogens (tertiary/aromatic N) is 1. The van der Waals surface area contributed by atoms with E-state index in [1.165, 1.54) is 19.1 Å². The molecule has 1 rings (SSSR count). The lowest BCUT2D eigenvalue weighted by Crippen LogP contribution is -2.22. The zero-order chi connectivity index (χ0) is 14.8. The fraction of sp³-hybridized carbons (Fsp3) is 0.417. The van der Waals surface area contributed by atoms with Gasteiger partial charge in [-0.05, 0) is 38.7 Å². The molecule has 0 fully saturated rings. The standard InChI is InChI=1S/C12H16ClNO4S/c1-8-10(12(15)16)6-9(13)7-11(8)19(17,18)5-4-14(2)3/h6-7H,4-5H2,1-3H3,(H,15,16). The predicted octanol–water partition coefficient (Wildman–Crippen LogP) is 1.68. The first-order valence-corrected chi connectivity index (χ1v) is 7.59. The average Bonchev–Trinajstić information content (AvgIpc) is 2.28. The van der Waals surface area contributed by atoms with Crippen molar-refractivity contribution in [3.8, 4) is 0 Å². The van der Waals surface area contributed by atoms with E-state index in [2.05, 4.69) is 0 Å². The molecule has 0 aromatic heterocycles. The maximum Gasteiger partial charge on any atom is 0.336 e. The quantitative estimate of drug-likeness (QED) is 0.896. The second kappa shape index (κ2) is 5.90. The number of carboxylic acid groups (broad SMARTS) is 1. The number of halogens is 1. The molecule has 106 valence electrons. The highest BCUT2D eigenvalue weighted by molar-refractivity contribution is 7.91. The van der Waals surface area contributed by atoms with Gasteiger partial charge in [0.05, 0.1) is 16.2 Å². The highest BCUT2D eigenvalue weighted by atomic mass is 35.5. The molecule has 0 radical (unpaired) electrons. The van der Waals surface area contributed by atoms with Crippen LogP contribution in [0.25, 0.3) is 0 Å². The molecule has 0 aliphatic carbocycles. The predicted molar refractivity (Wildman–Crippen MR) is 73.8 cm³/mol. The fourth-order valence-electron chi connectivity index (χ4n) is 1.61. The molecule has 1 N–H and O–H groups in total. The van der Waals surface area contributed by atoms with Crippen molar-refractivity contribution in [2.45, 2.75) is 11.8 Å². The van der Waals surface area contributed by atoms with Crippen molar-refractivity contribution in [3.63, 3.8) is 0 Å². The van der Waals surface area contributed by atoms with E-state index in [9.17, 15) is 13.2 Å². The molecule has 0 saturated carbocycles. The van der Waals surface area contributed by atoms with Crippen molar-refractivity contribution >= 4 is 27.4 Å². The molecule has 0 saturated heterocycles. The molecule has 0 unspecified atom stereocenters. The molecule has 0 aliphatic rings. The fourth-order valence-corrected chi connectivity index (χ4v) is 3.60. The Hall–Kier alpha value is -1.11. The van der Waals surface area contributed by atoms with Gasteiger partial charge in [0.1, 0.15) is 0 Å². The van der Waals surface area contributed by atoms with E-state index < -0.39 is 15.8 Å². The van der Waals surface area contributed by atoms with E-state index in [1.807, 2.05) is 0 Å². The van der Waals surface area contributed by atoms with Gasteiger partial charge in [-0.2, -0.15) is 0 Å². The Labute approximate surface area is 117 Å². The Morgan fingerprint density at radius 3 is 2.42 bits per heavy atom. The molecule has 19 heavy (non-hydrogen) atoms. The normalized spacial score (nSPS) is 11.8. The molecule has 0 amide bonds. The van der Waals surface area contributed by atoms with Gasteiger partial charge in [0.2, 0.25) is 0 Å². The Morgan fingerprint density at radius 2 is 1.95 bits per heavy atom. The Morgan fingerprint density at radius 1 is 1.37 bits per heavy atom. The van der Waals surface area contributed by atoms with Gasteiger partial charge in [-0.25, -0.2) is 13.2 Å². The minimum Gasteiger partial charge on any atom is -0.478 e. The molecule has 1 aromatic carbocycles. The van der Waals surface area contributed by atoms with Gasteiger partial charge in [-0.15, -0.1) is 0 Å². The summed E-state index contributed by atoms with van der Waals surface area (Å²) in [7, 11) is -0.0202. The number of rotatable bonds is 5. The maximum atomic E-state index is 12.2. The second-order valence-corrected chi connectivity index (χ2v) is 7.02. The Balaban J connectivity index is 3.31. The highest BCUT2D eigenvalue weighted by Gasteiger charge is 2.22. The first-order valence-electron chi connectivity index (χ1n) is 5.56. The number of benzene rings is 1. The van der Waals surface area contributed by atoms with Gasteiger partial charge in [0.15, 0.2) is 9.84 Å². The topological polar surface area (TPSA) is 74.7 Å². The molecule has 0 aliphatic heterocycles. The van der Waals surface area contributed by atoms with Gasteiger partial charge in [-0.1, -0.05) is 11.6 Å². The minimum atomic E-state index is -3.55. The lowest BCUT2D eigenvalue weighted by Gasteiger charge is -2.13. The van der Waals surface area contributed by atoms with Crippen molar-refractivity contribution in [2.75, 3.05) is 26.4 Å². The van der Waals surface area contributed by atoms with Crippen LogP contribution in [-0.4, -0.2) is 50.8 Å². The van der Waals surface area contributed by atoms with Crippen LogP contribution in [0.1, 0.15) is 15.9 Å². The largest absolute Gasteiger partial charge is 0.478 e. The number of hydrogen-bond donors (Lipinski definition) is 1. The minimum absolute atomic E-state index is 0.0146. The summed E-state index contributed by atoms with van der Waals surface area (Å²) in [5, 5.41) is 9.14. The molecule has 5 nitrogen and oxygen atoms in total. The average molecular weight is 306 g/mol. The first-order chi connectivity index (χ1) is 8.65. The zero-order valence-corrected chi connectivity index (χ0v) is 12.5. The molecule has 7 heteroatoms. The Kier molecular flexibility index (Phi) is 4.95. The highest BCUT2D eigenvalue weighted by Crippen LogP contribution is 2.25. The van der Waals surface area contributed by atoms with Crippen LogP contribution in [0.5, 0.6) is 0 Å². The van der Waals surface area contributed by atoms with Crippen LogP contribution in [0.15, 0.2) is 17.0 Å². The summed E-state index contributed by atoms with van der Waals surface area (Å²) in [5.41, 5.74) is 0.131. The molecular formula is C12H16ClNO4S. The van der Waals surface area contributed by atoms with Crippen molar-refractivity contribution in [1.82, 2.24) is 4.90 Å². The summed E-state index contributed by atoms with van der Waals surface area (Å²) in [4.78, 5) is 12.8. The van der Waals surface area contributed by atoms with E-state index in [-0.39, 0.29) is 26.8 Å². The van der Waals surface area contributed by atoms with Crippen LogP contribution in [0.3, 0.4) is 0 Å². The smallest absolute Gasteiger partial charge is 0.336 e. The number of aromatic carboxylic acids is 1. The van der Waals surface area contributed by atoms with E-state index in [0.717, 1.165) is 0 Å². The maximum absolute atomic E-state index is 12.2. The molecule has 0 heterocycles. The van der Waals surface area contributed by atoms with Gasteiger partial charge < -0.3 is 10.0 Å². The van der Waals surface area contributed by atoms with Gasteiger partial charge in [0.25, 0.3) is 0 Å². The van der Waals surface area contributed by atoms with E-state index in [4.69, 9.17) is 16.7 Å². The van der Waals surface area contributed by atoms with Crippen LogP contribution < -0.4 is 0 Å². The Bertz CT molecular complexity index is 596. The van der Waals surface area contributed by atoms with E-state index >= 15 is 0 Å². The number of carbonyl (C=O) groups is 1. The van der Waals surface area contributed by atoms with Crippen molar-refractivity contribution in [3.05, 3.63) is 28.3 Å². The lowest BCUT2D eigenvalue weighted by molar-refractivity contribution is 0.0696. The molecular weight excluding hydrogens is 290 g/mol. The van der Waals surface area contributed by atoms with Crippen LogP contribution in [0.2, 0.25) is 5.02 Å². The third-order valence-electron chi connectivity index (χ3n) is 2.70. The van der Waals surface area contributed by atoms with Crippen LogP contribution in [0.4, 0.5) is 0 Å². The lowest BCUT2D eigenvalue weighted by atomic mass is 10.1. The van der Waals surface area contributed by atoms with E-state index in [1.54, 1.807) is 19.0 Å². The summed E-state index contributed by atoms with van der Waals surface area (Å²) in [5.74, 6) is -1.27. The van der Waals surface area contributed by atoms with E-state index in [0.29, 0.717) is 6.54 Å². The number of sulfone groups is 1. The van der Waals surface area contributed by atoms with Crippen molar-refractivity contribution in [2.24, 2.45) is 0 Å². The summed E-state index contributed by atoms with van der Waals surface area (Å²) >= 11 is 5.80. The van der Waals surface area contributed by atoms with Crippen molar-refractivity contribution < 1.29 is 18.3 Å². The zero-order valence-electron chi connectivity index (χ0n) is 11.0. The monoisotopic (exact) mass is 305 g/mol.